The molecule has 0 radical (unpaired) electrons. The highest BCUT2D eigenvalue weighted by Crippen LogP contribution is 2.22. The summed E-state index contributed by atoms with van der Waals surface area (Å²) in [4.78, 5) is 16.5. The average Bonchev–Trinajstić information content (AvgIpc) is 2.94. The Balaban J connectivity index is 1.95. The minimum atomic E-state index is -0.749. The van der Waals surface area contributed by atoms with E-state index < -0.39 is 5.92 Å². The number of hydrogen-bond donors (Lipinski definition) is 0. The van der Waals surface area contributed by atoms with Gasteiger partial charge in [-0.3, -0.25) is 4.79 Å². The van der Waals surface area contributed by atoms with Crippen LogP contribution in [0.15, 0.2) is 29.6 Å². The van der Waals surface area contributed by atoms with Gasteiger partial charge in [-0.1, -0.05) is 12.1 Å². The Morgan fingerprint density at radius 2 is 2.14 bits per heavy atom. The van der Waals surface area contributed by atoms with E-state index in [1.165, 1.54) is 11.3 Å². The van der Waals surface area contributed by atoms with Crippen LogP contribution in [0.1, 0.15) is 35.5 Å². The fraction of sp³-hybridized carbons (Fsp3) is 0.353. The fourth-order valence-electron chi connectivity index (χ4n) is 2.10. The summed E-state index contributed by atoms with van der Waals surface area (Å²) in [5, 5.41) is 11.7. The summed E-state index contributed by atoms with van der Waals surface area (Å²) >= 11 is 1.37. The number of Topliss-reactive ketones (excluding diaryl/α,β-unsaturated/α-hetero) is 1. The zero-order valence-electron chi connectivity index (χ0n) is 12.7. The number of nitrogens with zero attached hydrogens (tertiary/aromatic N) is 2. The van der Waals surface area contributed by atoms with Gasteiger partial charge in [0.05, 0.1) is 12.7 Å². The summed E-state index contributed by atoms with van der Waals surface area (Å²) in [5.74, 6) is -0.00197. The van der Waals surface area contributed by atoms with Crippen molar-refractivity contribution >= 4 is 17.1 Å². The van der Waals surface area contributed by atoms with Crippen LogP contribution in [0.5, 0.6) is 5.75 Å². The first-order valence-electron chi connectivity index (χ1n) is 7.20. The number of aryl methyl sites for hydroxylation is 2. The molecule has 0 amide bonds. The molecule has 5 heteroatoms. The van der Waals surface area contributed by atoms with E-state index in [1.54, 1.807) is 0 Å². The van der Waals surface area contributed by atoms with Crippen LogP contribution in [0.2, 0.25) is 0 Å². The second kappa shape index (κ2) is 7.71. The molecule has 1 heterocycles. The molecule has 0 aliphatic rings. The Labute approximate surface area is 134 Å². The number of aromatic nitrogens is 1. The van der Waals surface area contributed by atoms with E-state index >= 15 is 0 Å². The van der Waals surface area contributed by atoms with Crippen molar-refractivity contribution in [2.75, 3.05) is 6.61 Å². The number of benzene rings is 1. The number of thiazole rings is 1. The van der Waals surface area contributed by atoms with Crippen LogP contribution in [-0.2, 0) is 11.2 Å². The lowest BCUT2D eigenvalue weighted by atomic mass is 9.99. The summed E-state index contributed by atoms with van der Waals surface area (Å²) in [7, 11) is 0. The third-order valence-electron chi connectivity index (χ3n) is 3.23. The molecule has 114 valence electrons. The van der Waals surface area contributed by atoms with Crippen LogP contribution in [0.3, 0.4) is 0 Å². The second-order valence-corrected chi connectivity index (χ2v) is 5.82. The van der Waals surface area contributed by atoms with Gasteiger partial charge in [0.15, 0.2) is 11.7 Å². The summed E-state index contributed by atoms with van der Waals surface area (Å²) in [6, 6.07) is 9.77. The predicted octanol–water partition coefficient (Wildman–Crippen LogP) is 3.66. The van der Waals surface area contributed by atoms with Crippen molar-refractivity contribution in [1.82, 2.24) is 4.98 Å². The highest BCUT2D eigenvalue weighted by atomic mass is 32.1. The number of rotatable bonds is 7. The molecule has 0 N–H and O–H groups in total. The molecule has 2 rings (SSSR count). The largest absolute Gasteiger partial charge is 0.494 e. The SMILES string of the molecule is CCOc1ccc(CCC(=O)[C@H](C#N)c2nc(C)cs2)cc1. The Morgan fingerprint density at radius 1 is 1.41 bits per heavy atom. The number of nitriles is 1. The molecule has 0 spiro atoms. The first-order chi connectivity index (χ1) is 10.6. The van der Waals surface area contributed by atoms with Crippen molar-refractivity contribution in [2.24, 2.45) is 0 Å². The van der Waals surface area contributed by atoms with Gasteiger partial charge in [-0.2, -0.15) is 5.26 Å². The highest BCUT2D eigenvalue weighted by Gasteiger charge is 2.22. The Hall–Kier alpha value is -2.19. The molecular formula is C17H18N2O2S. The third-order valence-corrected chi connectivity index (χ3v) is 4.26. The molecule has 0 bridgehead atoms. The molecule has 2 aromatic rings. The predicted molar refractivity (Wildman–Crippen MR) is 86.1 cm³/mol. The van der Waals surface area contributed by atoms with E-state index in [9.17, 15) is 10.1 Å². The van der Waals surface area contributed by atoms with Crippen LogP contribution in [0, 0.1) is 18.3 Å². The molecule has 0 saturated carbocycles. The van der Waals surface area contributed by atoms with Crippen molar-refractivity contribution in [3.05, 3.63) is 45.9 Å². The highest BCUT2D eigenvalue weighted by molar-refractivity contribution is 7.09. The van der Waals surface area contributed by atoms with Gasteiger partial charge in [0.1, 0.15) is 10.8 Å². The van der Waals surface area contributed by atoms with Gasteiger partial charge >= 0.3 is 0 Å². The van der Waals surface area contributed by atoms with Gasteiger partial charge in [0, 0.05) is 17.5 Å². The maximum absolute atomic E-state index is 12.2. The topological polar surface area (TPSA) is 63.0 Å². The van der Waals surface area contributed by atoms with E-state index in [2.05, 4.69) is 11.1 Å². The van der Waals surface area contributed by atoms with Crippen molar-refractivity contribution in [3.63, 3.8) is 0 Å². The van der Waals surface area contributed by atoms with E-state index in [0.717, 1.165) is 17.0 Å². The molecular weight excluding hydrogens is 296 g/mol. The smallest absolute Gasteiger partial charge is 0.157 e. The van der Waals surface area contributed by atoms with E-state index in [4.69, 9.17) is 4.74 Å². The molecule has 0 aliphatic heterocycles. The van der Waals surface area contributed by atoms with Crippen LogP contribution in [0.4, 0.5) is 0 Å². The summed E-state index contributed by atoms with van der Waals surface area (Å²) in [6.07, 6.45) is 0.957. The lowest BCUT2D eigenvalue weighted by molar-refractivity contribution is -0.119. The number of carbonyl (C=O) groups excluding carboxylic acids is 1. The molecule has 0 aliphatic carbocycles. The molecule has 0 fully saturated rings. The first kappa shape index (κ1) is 16.2. The monoisotopic (exact) mass is 314 g/mol. The zero-order chi connectivity index (χ0) is 15.9. The molecule has 1 aromatic heterocycles. The molecule has 0 saturated heterocycles. The zero-order valence-corrected chi connectivity index (χ0v) is 13.5. The van der Waals surface area contributed by atoms with E-state index in [-0.39, 0.29) is 5.78 Å². The van der Waals surface area contributed by atoms with Crippen LogP contribution >= 0.6 is 11.3 Å². The van der Waals surface area contributed by atoms with Crippen LogP contribution in [0.25, 0.3) is 0 Å². The van der Waals surface area contributed by atoms with Crippen molar-refractivity contribution in [1.29, 1.82) is 5.26 Å². The molecule has 1 aromatic carbocycles. The number of ether oxygens (including phenoxy) is 1. The van der Waals surface area contributed by atoms with E-state index in [1.807, 2.05) is 43.5 Å². The average molecular weight is 314 g/mol. The van der Waals surface area contributed by atoms with Gasteiger partial charge in [0.25, 0.3) is 0 Å². The maximum Gasteiger partial charge on any atom is 0.157 e. The molecule has 1 atom stereocenters. The van der Waals surface area contributed by atoms with Gasteiger partial charge in [-0.15, -0.1) is 11.3 Å². The van der Waals surface area contributed by atoms with Crippen molar-refractivity contribution in [2.45, 2.75) is 32.6 Å². The third kappa shape index (κ3) is 4.15. The summed E-state index contributed by atoms with van der Waals surface area (Å²) in [5.41, 5.74) is 1.91. The van der Waals surface area contributed by atoms with Gasteiger partial charge in [0.2, 0.25) is 0 Å². The van der Waals surface area contributed by atoms with Gasteiger partial charge < -0.3 is 4.74 Å². The van der Waals surface area contributed by atoms with Gasteiger partial charge in [-0.05, 0) is 38.0 Å². The lowest BCUT2D eigenvalue weighted by Gasteiger charge is -2.07. The Kier molecular flexibility index (Phi) is 5.68. The second-order valence-electron chi connectivity index (χ2n) is 4.93. The number of ketones is 1. The number of hydrogen-bond acceptors (Lipinski definition) is 5. The lowest BCUT2D eigenvalue weighted by Crippen LogP contribution is -2.11. The molecule has 22 heavy (non-hydrogen) atoms. The standard InChI is InChI=1S/C17H18N2O2S/c1-3-21-14-7-4-13(5-8-14)6-9-16(20)15(10-18)17-19-12(2)11-22-17/h4-5,7-8,11,15H,3,6,9H2,1-2H3/t15-/m0/s1. The quantitative estimate of drug-likeness (QED) is 0.782. The normalized spacial score (nSPS) is 11.7. The van der Waals surface area contributed by atoms with Crippen LogP contribution < -0.4 is 4.74 Å². The van der Waals surface area contributed by atoms with Crippen molar-refractivity contribution in [3.8, 4) is 11.8 Å². The van der Waals surface area contributed by atoms with Crippen LogP contribution in [-0.4, -0.2) is 17.4 Å². The summed E-state index contributed by atoms with van der Waals surface area (Å²) < 4.78 is 5.39. The Bertz CT molecular complexity index is 671. The first-order valence-corrected chi connectivity index (χ1v) is 8.08. The Morgan fingerprint density at radius 3 is 2.68 bits per heavy atom. The minimum absolute atomic E-state index is 0.0780. The van der Waals surface area contributed by atoms with Gasteiger partial charge in [-0.25, -0.2) is 4.98 Å². The maximum atomic E-state index is 12.2. The summed E-state index contributed by atoms with van der Waals surface area (Å²) in [6.45, 7) is 4.43. The van der Waals surface area contributed by atoms with Crippen molar-refractivity contribution < 1.29 is 9.53 Å². The minimum Gasteiger partial charge on any atom is -0.494 e. The molecule has 0 unspecified atom stereocenters. The fourth-order valence-corrected chi connectivity index (χ4v) is 2.96. The molecule has 4 nitrogen and oxygen atoms in total. The number of carbonyl (C=O) groups is 1. The van der Waals surface area contributed by atoms with E-state index in [0.29, 0.717) is 24.5 Å².